The third-order valence-corrected chi connectivity index (χ3v) is 3.27. The van der Waals surface area contributed by atoms with Crippen LogP contribution in [0.3, 0.4) is 0 Å². The van der Waals surface area contributed by atoms with Crippen LogP contribution in [0.1, 0.15) is 0 Å². The van der Waals surface area contributed by atoms with Gasteiger partial charge >= 0.3 is 125 Å². The zero-order valence-electron chi connectivity index (χ0n) is 5.64. The van der Waals surface area contributed by atoms with Gasteiger partial charge in [-0.2, -0.15) is 0 Å². The van der Waals surface area contributed by atoms with Crippen molar-refractivity contribution in [3.63, 3.8) is 0 Å². The van der Waals surface area contributed by atoms with Crippen molar-refractivity contribution in [1.29, 1.82) is 0 Å². The summed E-state index contributed by atoms with van der Waals surface area (Å²) in [5.41, 5.74) is 5.82. The summed E-state index contributed by atoms with van der Waals surface area (Å²) in [6, 6.07) is 5.62. The number of hydrogen-bond donors (Lipinski definition) is 3. The van der Waals surface area contributed by atoms with Crippen LogP contribution in [0.25, 0.3) is 0 Å². The second-order valence-corrected chi connectivity index (χ2v) is 5.50. The van der Waals surface area contributed by atoms with Gasteiger partial charge in [-0.3, -0.25) is 0 Å². The summed E-state index contributed by atoms with van der Waals surface area (Å²) in [6.07, 6.45) is 0. The topological polar surface area (TPSA) is 83.6 Å². The molecule has 4 N–H and O–H groups in total. The summed E-state index contributed by atoms with van der Waals surface area (Å²) in [7, 11) is 0. The standard InChI is InChI=1S/C6H8AsNO3.2Na.2H/c8-6-3-1-5(2-4-6)7(9,10)11;;;;/h1-4H,8H2,(H2,9,10,11);;;;. The first-order valence-corrected chi connectivity index (χ1v) is 6.30. The minimum atomic E-state index is -4.68. The van der Waals surface area contributed by atoms with E-state index in [4.69, 9.17) is 13.9 Å². The Kier molecular flexibility index (Phi) is 8.64. The number of hydrogen-bond acceptors (Lipinski definition) is 2. The van der Waals surface area contributed by atoms with Crippen molar-refractivity contribution < 1.29 is 11.9 Å². The van der Waals surface area contributed by atoms with E-state index in [-0.39, 0.29) is 63.5 Å². The second kappa shape index (κ2) is 6.72. The molecule has 0 radical (unpaired) electrons. The van der Waals surface area contributed by atoms with E-state index in [2.05, 4.69) is 0 Å². The van der Waals surface area contributed by atoms with Crippen LogP contribution in [-0.4, -0.2) is 81.5 Å². The first-order valence-electron chi connectivity index (χ1n) is 2.92. The zero-order chi connectivity index (χ0) is 8.48. The fraction of sp³-hybridized carbons (Fsp3) is 0. The summed E-state index contributed by atoms with van der Waals surface area (Å²) in [5.74, 6) is 0. The average Bonchev–Trinajstić information content (AvgIpc) is 1.86. The Hall–Kier alpha value is 1.30. The number of nitrogens with two attached hydrogens (primary N) is 1. The second-order valence-electron chi connectivity index (χ2n) is 2.14. The monoisotopic (exact) mass is 265 g/mol. The van der Waals surface area contributed by atoms with E-state index in [1.807, 2.05) is 0 Å². The summed E-state index contributed by atoms with van der Waals surface area (Å²) in [4.78, 5) is 0. The third kappa shape index (κ3) is 5.67. The van der Waals surface area contributed by atoms with Gasteiger partial charge in [-0.05, 0) is 0 Å². The van der Waals surface area contributed by atoms with Crippen LogP contribution in [0.5, 0.6) is 0 Å². The van der Waals surface area contributed by atoms with Gasteiger partial charge in [0.2, 0.25) is 0 Å². The van der Waals surface area contributed by atoms with Crippen molar-refractivity contribution in [1.82, 2.24) is 0 Å². The van der Waals surface area contributed by atoms with Gasteiger partial charge < -0.3 is 0 Å². The molecule has 0 unspecified atom stereocenters. The molecule has 0 aliphatic carbocycles. The SMILES string of the molecule is Nc1ccc([As](=O)(O)O)cc1.[NaH].[NaH]. The molecule has 1 rings (SSSR count). The Balaban J connectivity index is 0. The molecule has 0 amide bonds. The maximum atomic E-state index is 10.7. The summed E-state index contributed by atoms with van der Waals surface area (Å²) < 4.78 is 28.1. The van der Waals surface area contributed by atoms with E-state index in [1.54, 1.807) is 0 Å². The molecule has 0 fully saturated rings. The van der Waals surface area contributed by atoms with Crippen LogP contribution in [0.15, 0.2) is 24.3 Å². The molecule has 64 valence electrons. The van der Waals surface area contributed by atoms with Gasteiger partial charge in [0.05, 0.1) is 0 Å². The van der Waals surface area contributed by atoms with Crippen LogP contribution >= 0.6 is 0 Å². The Morgan fingerprint density at radius 3 is 1.77 bits per heavy atom. The summed E-state index contributed by atoms with van der Waals surface area (Å²) in [5, 5.41) is 0. The van der Waals surface area contributed by atoms with Crippen molar-refractivity contribution in [3.05, 3.63) is 24.3 Å². The average molecular weight is 265 g/mol. The molecule has 0 heterocycles. The van der Waals surface area contributed by atoms with Crippen molar-refractivity contribution in [3.8, 4) is 0 Å². The van der Waals surface area contributed by atoms with Crippen molar-refractivity contribution in [2.75, 3.05) is 5.73 Å². The molecule has 0 saturated carbocycles. The van der Waals surface area contributed by atoms with Gasteiger partial charge in [-0.1, -0.05) is 0 Å². The molecular formula is C6H10AsNNa2O3. The number of nitrogen functional groups attached to an aromatic ring is 1. The maximum absolute atomic E-state index is 10.7. The van der Waals surface area contributed by atoms with E-state index < -0.39 is 14.2 Å². The van der Waals surface area contributed by atoms with Crippen LogP contribution in [0.4, 0.5) is 5.69 Å². The van der Waals surface area contributed by atoms with Crippen molar-refractivity contribution in [2.45, 2.75) is 0 Å². The predicted molar refractivity (Wildman–Crippen MR) is 55.7 cm³/mol. The van der Waals surface area contributed by atoms with Gasteiger partial charge in [0.1, 0.15) is 0 Å². The predicted octanol–water partition coefficient (Wildman–Crippen LogP) is -2.47. The van der Waals surface area contributed by atoms with Gasteiger partial charge in [-0.25, -0.2) is 0 Å². The van der Waals surface area contributed by atoms with Crippen LogP contribution in [0.2, 0.25) is 0 Å². The normalized spacial score (nSPS) is 9.69. The van der Waals surface area contributed by atoms with Crippen LogP contribution in [-0.2, 0) is 3.74 Å². The fourth-order valence-corrected chi connectivity index (χ4v) is 1.80. The minimum absolute atomic E-state index is 0. The molecule has 4 nitrogen and oxygen atoms in total. The van der Waals surface area contributed by atoms with Gasteiger partial charge in [-0.15, -0.1) is 0 Å². The van der Waals surface area contributed by atoms with Gasteiger partial charge in [0.15, 0.2) is 0 Å². The van der Waals surface area contributed by atoms with E-state index in [0.717, 1.165) is 0 Å². The molecule has 1 aromatic rings. The van der Waals surface area contributed by atoms with Gasteiger partial charge in [0.25, 0.3) is 0 Å². The molecule has 0 spiro atoms. The molecule has 0 bridgehead atoms. The summed E-state index contributed by atoms with van der Waals surface area (Å²) in [6.45, 7) is 0. The van der Waals surface area contributed by atoms with E-state index in [1.165, 1.54) is 24.3 Å². The Morgan fingerprint density at radius 1 is 1.08 bits per heavy atom. The quantitative estimate of drug-likeness (QED) is 0.388. The number of rotatable bonds is 1. The van der Waals surface area contributed by atoms with Crippen LogP contribution < -0.4 is 10.1 Å². The summed E-state index contributed by atoms with van der Waals surface area (Å²) >= 11 is -4.68. The molecule has 0 saturated heterocycles. The number of anilines is 1. The molecule has 0 aliphatic rings. The first-order chi connectivity index (χ1) is 5.00. The molecular weight excluding hydrogens is 255 g/mol. The zero-order valence-corrected chi connectivity index (χ0v) is 7.51. The Labute approximate surface area is 123 Å². The van der Waals surface area contributed by atoms with E-state index >= 15 is 0 Å². The van der Waals surface area contributed by atoms with Gasteiger partial charge in [0, 0.05) is 0 Å². The Bertz CT molecular complexity index is 297. The number of benzene rings is 1. The van der Waals surface area contributed by atoms with Crippen molar-refractivity contribution >= 4 is 83.3 Å². The van der Waals surface area contributed by atoms with Crippen molar-refractivity contribution in [2.24, 2.45) is 0 Å². The Morgan fingerprint density at radius 2 is 1.46 bits per heavy atom. The molecule has 13 heavy (non-hydrogen) atoms. The molecule has 0 aromatic heterocycles. The van der Waals surface area contributed by atoms with Crippen LogP contribution in [0, 0.1) is 0 Å². The molecule has 0 aliphatic heterocycles. The first kappa shape index (κ1) is 16.7. The molecule has 0 atom stereocenters. The fourth-order valence-electron chi connectivity index (χ4n) is 0.669. The molecule has 1 aromatic carbocycles. The third-order valence-electron chi connectivity index (χ3n) is 1.23. The molecule has 7 heteroatoms. The van der Waals surface area contributed by atoms with E-state index in [0.29, 0.717) is 5.69 Å². The van der Waals surface area contributed by atoms with E-state index in [9.17, 15) is 3.74 Å².